The predicted molar refractivity (Wildman–Crippen MR) is 236 cm³/mol. The van der Waals surface area contributed by atoms with Crippen molar-refractivity contribution in [3.05, 3.63) is 200 Å². The van der Waals surface area contributed by atoms with Gasteiger partial charge < -0.3 is 9.13 Å². The lowest BCUT2D eigenvalue weighted by molar-refractivity contribution is 1.01. The second kappa shape index (κ2) is 12.4. The van der Waals surface area contributed by atoms with E-state index in [9.17, 15) is 0 Å². The van der Waals surface area contributed by atoms with Gasteiger partial charge in [-0.25, -0.2) is 9.97 Å². The average molecular weight is 728 g/mol. The van der Waals surface area contributed by atoms with E-state index in [1.807, 2.05) is 0 Å². The molecule has 5 nitrogen and oxygen atoms in total. The molecule has 0 bridgehead atoms. The van der Waals surface area contributed by atoms with Crippen LogP contribution in [0.15, 0.2) is 200 Å². The van der Waals surface area contributed by atoms with Crippen LogP contribution in [0.2, 0.25) is 0 Å². The van der Waals surface area contributed by atoms with E-state index in [-0.39, 0.29) is 0 Å². The number of aromatic nitrogens is 5. The van der Waals surface area contributed by atoms with Crippen LogP contribution >= 0.6 is 0 Å². The van der Waals surface area contributed by atoms with E-state index in [4.69, 9.17) is 9.97 Å². The maximum atomic E-state index is 5.62. The van der Waals surface area contributed by atoms with Gasteiger partial charge in [-0.05, 0) is 71.8 Å². The van der Waals surface area contributed by atoms with Crippen molar-refractivity contribution in [1.29, 1.82) is 0 Å². The molecule has 0 saturated heterocycles. The smallest absolute Gasteiger partial charge is 0.235 e. The molecule has 0 aliphatic rings. The normalized spacial score (nSPS) is 11.9. The summed E-state index contributed by atoms with van der Waals surface area (Å²) in [5, 5.41) is 5.79. The fourth-order valence-corrected chi connectivity index (χ4v) is 8.97. The predicted octanol–water partition coefficient (Wildman–Crippen LogP) is 13.1. The number of hydrogen-bond donors (Lipinski definition) is 0. The van der Waals surface area contributed by atoms with Gasteiger partial charge in [0, 0.05) is 43.9 Å². The van der Waals surface area contributed by atoms with Crippen molar-refractivity contribution in [2.45, 2.75) is 0 Å². The third-order valence-electron chi connectivity index (χ3n) is 11.4. The molecule has 12 rings (SSSR count). The largest absolute Gasteiger partial charge is 0.309 e. The molecule has 0 saturated carbocycles. The zero-order valence-electron chi connectivity index (χ0n) is 30.8. The summed E-state index contributed by atoms with van der Waals surface area (Å²) in [5.41, 5.74) is 13.9. The minimum Gasteiger partial charge on any atom is -0.309 e. The molecule has 5 heteroatoms. The van der Waals surface area contributed by atoms with Gasteiger partial charge in [-0.2, -0.15) is 0 Å². The summed E-state index contributed by atoms with van der Waals surface area (Å²) in [6.45, 7) is 0. The lowest BCUT2D eigenvalue weighted by atomic mass is 10.0. The van der Waals surface area contributed by atoms with Crippen molar-refractivity contribution in [3.8, 4) is 39.7 Å². The fourth-order valence-electron chi connectivity index (χ4n) is 8.97. The molecule has 0 N–H and O–H groups in total. The molecule has 12 aromatic rings. The van der Waals surface area contributed by atoms with Gasteiger partial charge in [0.05, 0.1) is 33.1 Å². The third-order valence-corrected chi connectivity index (χ3v) is 11.4. The number of benzene rings is 8. The van der Waals surface area contributed by atoms with Crippen LogP contribution in [0.5, 0.6) is 0 Å². The molecule has 0 radical (unpaired) electrons. The summed E-state index contributed by atoms with van der Waals surface area (Å²) < 4.78 is 6.95. The molecule has 0 fully saturated rings. The Morgan fingerprint density at radius 3 is 1.49 bits per heavy atom. The van der Waals surface area contributed by atoms with Crippen LogP contribution < -0.4 is 0 Å². The van der Waals surface area contributed by atoms with Crippen LogP contribution in [0.25, 0.3) is 105 Å². The van der Waals surface area contributed by atoms with E-state index in [1.54, 1.807) is 0 Å². The van der Waals surface area contributed by atoms with Crippen molar-refractivity contribution < 1.29 is 0 Å². The van der Waals surface area contributed by atoms with E-state index in [0.29, 0.717) is 5.95 Å². The minimum atomic E-state index is 0.645. The summed E-state index contributed by atoms with van der Waals surface area (Å²) in [7, 11) is 0. The molecule has 0 spiro atoms. The van der Waals surface area contributed by atoms with Crippen LogP contribution in [-0.2, 0) is 0 Å². The van der Waals surface area contributed by atoms with Gasteiger partial charge in [0.25, 0.3) is 0 Å². The van der Waals surface area contributed by atoms with E-state index in [0.717, 1.165) is 66.6 Å². The quantitative estimate of drug-likeness (QED) is 0.177. The molecular weight excluding hydrogens is 695 g/mol. The molecule has 0 aliphatic carbocycles. The highest BCUT2D eigenvalue weighted by Crippen LogP contribution is 2.41. The Balaban J connectivity index is 1.17. The van der Waals surface area contributed by atoms with Crippen molar-refractivity contribution in [2.75, 3.05) is 0 Å². The highest BCUT2D eigenvalue weighted by molar-refractivity contribution is 6.15. The maximum Gasteiger partial charge on any atom is 0.235 e. The topological polar surface area (TPSA) is 40.6 Å². The number of hydrogen-bond acceptors (Lipinski definition) is 2. The lowest BCUT2D eigenvalue weighted by Crippen LogP contribution is -2.05. The number of nitrogens with zero attached hydrogens (tertiary/aromatic N) is 5. The first-order valence-electron chi connectivity index (χ1n) is 19.3. The Kier molecular flexibility index (Phi) is 6.86. The van der Waals surface area contributed by atoms with Gasteiger partial charge in [0.2, 0.25) is 5.95 Å². The Morgan fingerprint density at radius 1 is 0.298 bits per heavy atom. The summed E-state index contributed by atoms with van der Waals surface area (Å²) >= 11 is 0. The molecule has 266 valence electrons. The number of fused-ring (bicyclic) bond motifs is 9. The zero-order chi connectivity index (χ0) is 37.5. The monoisotopic (exact) mass is 727 g/mol. The van der Waals surface area contributed by atoms with Gasteiger partial charge in [0.15, 0.2) is 0 Å². The molecule has 8 aromatic carbocycles. The van der Waals surface area contributed by atoms with E-state index < -0.39 is 0 Å². The second-order valence-corrected chi connectivity index (χ2v) is 14.6. The van der Waals surface area contributed by atoms with Gasteiger partial charge in [-0.3, -0.25) is 4.57 Å². The minimum absolute atomic E-state index is 0.645. The summed E-state index contributed by atoms with van der Waals surface area (Å²) in [4.78, 5) is 11.1. The fraction of sp³-hybridized carbons (Fsp3) is 0. The summed E-state index contributed by atoms with van der Waals surface area (Å²) in [5.74, 6) is 0.645. The van der Waals surface area contributed by atoms with Crippen molar-refractivity contribution in [1.82, 2.24) is 23.7 Å². The summed E-state index contributed by atoms with van der Waals surface area (Å²) in [6.07, 6.45) is 0. The van der Waals surface area contributed by atoms with Crippen molar-refractivity contribution in [2.24, 2.45) is 0 Å². The molecule has 0 atom stereocenters. The average Bonchev–Trinajstić information content (AvgIpc) is 3.92. The first-order valence-corrected chi connectivity index (χ1v) is 19.3. The molecule has 4 aromatic heterocycles. The number of para-hydroxylation sites is 5. The highest BCUT2D eigenvalue weighted by atomic mass is 15.2. The highest BCUT2D eigenvalue weighted by Gasteiger charge is 2.24. The van der Waals surface area contributed by atoms with Crippen molar-refractivity contribution in [3.63, 3.8) is 0 Å². The molecule has 4 heterocycles. The number of rotatable bonds is 5. The van der Waals surface area contributed by atoms with Crippen LogP contribution in [0, 0.1) is 0 Å². The van der Waals surface area contributed by atoms with Crippen molar-refractivity contribution >= 4 is 65.5 Å². The van der Waals surface area contributed by atoms with Crippen LogP contribution in [0.4, 0.5) is 0 Å². The van der Waals surface area contributed by atoms with Gasteiger partial charge in [-0.1, -0.05) is 140 Å². The molecule has 57 heavy (non-hydrogen) atoms. The molecule has 0 unspecified atom stereocenters. The second-order valence-electron chi connectivity index (χ2n) is 14.6. The molecule has 0 aliphatic heterocycles. The first kappa shape index (κ1) is 31.6. The third kappa shape index (κ3) is 4.76. The standard InChI is InChI=1S/C52H33N5/c1-3-16-34(17-4-1)35-18-15-21-38(32-35)55-44-26-11-9-24-41(44)43-33-36(30-31-48(43)55)49-51-50(42-25-10-14-29-47(42)56(51)37-19-5-2-6-20-37)54-52(53-49)57-45-27-12-7-22-39(45)40-23-8-13-28-46(40)57/h1-33H. The van der Waals surface area contributed by atoms with Crippen LogP contribution in [0.1, 0.15) is 0 Å². The van der Waals surface area contributed by atoms with Gasteiger partial charge in [-0.15, -0.1) is 0 Å². The van der Waals surface area contributed by atoms with E-state index in [2.05, 4.69) is 214 Å². The van der Waals surface area contributed by atoms with E-state index in [1.165, 1.54) is 32.7 Å². The molecule has 0 amide bonds. The SMILES string of the molecule is c1ccc(-c2cccc(-n3c4ccccc4c4cc(-c5nc(-n6c7ccccc7c7ccccc76)nc6c7ccccc7n(-c7ccccc7)c56)ccc43)c2)cc1. The van der Waals surface area contributed by atoms with Crippen LogP contribution in [0.3, 0.4) is 0 Å². The Bertz CT molecular complexity index is 3460. The Hall–Kier alpha value is -7.76. The molecular formula is C52H33N5. The van der Waals surface area contributed by atoms with E-state index >= 15 is 0 Å². The first-order chi connectivity index (χ1) is 28.3. The van der Waals surface area contributed by atoms with Gasteiger partial charge in [0.1, 0.15) is 11.2 Å². The van der Waals surface area contributed by atoms with Crippen LogP contribution in [-0.4, -0.2) is 23.7 Å². The maximum absolute atomic E-state index is 5.62. The summed E-state index contributed by atoms with van der Waals surface area (Å²) in [6, 6.07) is 71.3. The Labute approximate surface area is 328 Å². The van der Waals surface area contributed by atoms with Gasteiger partial charge >= 0.3 is 0 Å². The zero-order valence-corrected chi connectivity index (χ0v) is 30.8. The lowest BCUT2D eigenvalue weighted by Gasteiger charge is -2.14. The Morgan fingerprint density at radius 2 is 0.807 bits per heavy atom.